The second-order valence-corrected chi connectivity index (χ2v) is 8.12. The van der Waals surface area contributed by atoms with Gasteiger partial charge in [0.2, 0.25) is 11.8 Å². The summed E-state index contributed by atoms with van der Waals surface area (Å²) in [4.78, 5) is 4.86. The van der Waals surface area contributed by atoms with Gasteiger partial charge in [0.1, 0.15) is 17.6 Å². The first-order valence-electron chi connectivity index (χ1n) is 12.0. The average molecular weight is 499 g/mol. The van der Waals surface area contributed by atoms with E-state index in [4.69, 9.17) is 8.85 Å². The van der Waals surface area contributed by atoms with Gasteiger partial charge in [0.15, 0.2) is 5.82 Å². The third-order valence-corrected chi connectivity index (χ3v) is 5.76. The number of nitrogens with one attached hydrogen (secondary N) is 1. The van der Waals surface area contributed by atoms with E-state index >= 15 is 4.39 Å². The Morgan fingerprint density at radius 2 is 2.17 bits per heavy atom. The summed E-state index contributed by atoms with van der Waals surface area (Å²) in [5.41, 5.74) is 0.938. The minimum absolute atomic E-state index is 0.00332. The zero-order chi connectivity index (χ0) is 27.4. The van der Waals surface area contributed by atoms with Crippen molar-refractivity contribution in [2.75, 3.05) is 32.5 Å². The lowest BCUT2D eigenvalue weighted by Gasteiger charge is -2.36. The van der Waals surface area contributed by atoms with Gasteiger partial charge in [-0.3, -0.25) is 0 Å². The zero-order valence-corrected chi connectivity index (χ0v) is 18.2. The van der Waals surface area contributed by atoms with Gasteiger partial charge in [-0.25, -0.2) is 31.1 Å². The Labute approximate surface area is 199 Å². The Kier molecular flexibility index (Phi) is 4.84. The smallest absolute Gasteiger partial charge is 0.280 e. The first-order chi connectivity index (χ1) is 17.9. The molecule has 1 aromatic carbocycles. The predicted octanol–water partition coefficient (Wildman–Crippen LogP) is 3.31. The van der Waals surface area contributed by atoms with Crippen LogP contribution in [0.2, 0.25) is 0 Å². The van der Waals surface area contributed by atoms with Crippen LogP contribution in [0.4, 0.5) is 27.9 Å². The van der Waals surface area contributed by atoms with Crippen LogP contribution >= 0.6 is 0 Å². The van der Waals surface area contributed by atoms with Gasteiger partial charge < -0.3 is 15.0 Å². The lowest BCUT2D eigenvalue weighted by Crippen LogP contribution is -2.53. The second kappa shape index (κ2) is 8.59. The lowest BCUT2D eigenvalue weighted by molar-refractivity contribution is -0.0675. The fraction of sp³-hybridized carbons (Fsp3) is 0.429. The summed E-state index contributed by atoms with van der Waals surface area (Å²) in [6.07, 6.45) is -1.88. The van der Waals surface area contributed by atoms with Crippen molar-refractivity contribution in [2.24, 2.45) is 0 Å². The molecule has 0 spiro atoms. The van der Waals surface area contributed by atoms with Crippen molar-refractivity contribution >= 4 is 22.5 Å². The van der Waals surface area contributed by atoms with Gasteiger partial charge in [-0.2, -0.15) is 4.98 Å². The molecule has 5 rings (SSSR count). The van der Waals surface area contributed by atoms with E-state index < -0.39 is 44.3 Å². The summed E-state index contributed by atoms with van der Waals surface area (Å²) in [5, 5.41) is 14.2. The topological polar surface area (TPSA) is 85.4 Å². The quantitative estimate of drug-likeness (QED) is 0.408. The first kappa shape index (κ1) is 19.7. The first-order valence-corrected chi connectivity index (χ1v) is 10.5. The highest BCUT2D eigenvalue weighted by Crippen LogP contribution is 2.36. The van der Waals surface area contributed by atoms with Gasteiger partial charge in [-0.15, -0.1) is 10.2 Å². The zero-order valence-electron chi connectivity index (χ0n) is 21.2. The molecule has 1 fully saturated rings. The van der Waals surface area contributed by atoms with Crippen LogP contribution < -0.4 is 10.1 Å². The number of piperidine rings is 1. The molecular weight excluding hydrogens is 475 g/mol. The van der Waals surface area contributed by atoms with Crippen molar-refractivity contribution in [3.05, 3.63) is 30.2 Å². The molecule has 4 heterocycles. The minimum Gasteiger partial charge on any atom is -0.479 e. The Balaban J connectivity index is 1.51. The predicted molar refractivity (Wildman–Crippen MR) is 116 cm³/mol. The van der Waals surface area contributed by atoms with E-state index in [1.807, 2.05) is 0 Å². The van der Waals surface area contributed by atoms with Gasteiger partial charge in [0.25, 0.3) is 12.3 Å². The maximum atomic E-state index is 15.2. The Bertz CT molecular complexity index is 1490. The van der Waals surface area contributed by atoms with Crippen molar-refractivity contribution in [2.45, 2.75) is 31.4 Å². The lowest BCUT2D eigenvalue weighted by atomic mass is 10.0. The SMILES string of the molecule is [2H]C([2H])([2H])N1CC[C@@H](Nc2nc(OC)c3c(-c4ccc5nnn(CC(F)F)c5c4)c(F)cn3n2)C(F)(F)C1. The summed E-state index contributed by atoms with van der Waals surface area (Å²) in [7, 11) is 1.26. The Morgan fingerprint density at radius 3 is 2.89 bits per heavy atom. The fourth-order valence-electron chi connectivity index (χ4n) is 4.16. The van der Waals surface area contributed by atoms with Crippen molar-refractivity contribution in [3.8, 4) is 17.0 Å². The van der Waals surface area contributed by atoms with Gasteiger partial charge >= 0.3 is 0 Å². The Hall–Kier alpha value is -3.55. The number of nitrogens with zero attached hydrogens (tertiary/aromatic N) is 7. The molecule has 35 heavy (non-hydrogen) atoms. The number of hydrogen-bond donors (Lipinski definition) is 1. The number of fused-ring (bicyclic) bond motifs is 2. The molecule has 0 saturated carbocycles. The molecule has 4 aromatic rings. The Morgan fingerprint density at radius 1 is 1.34 bits per heavy atom. The molecule has 0 bridgehead atoms. The largest absolute Gasteiger partial charge is 0.479 e. The molecular formula is C21H21F5N8O. The van der Waals surface area contributed by atoms with Crippen molar-refractivity contribution in [3.63, 3.8) is 0 Å². The fourth-order valence-corrected chi connectivity index (χ4v) is 4.16. The highest BCUT2D eigenvalue weighted by molar-refractivity contribution is 5.89. The van der Waals surface area contributed by atoms with Crippen LogP contribution in [0.1, 0.15) is 10.5 Å². The molecule has 3 aromatic heterocycles. The monoisotopic (exact) mass is 499 g/mol. The van der Waals surface area contributed by atoms with Crippen molar-refractivity contribution < 1.29 is 30.8 Å². The number of anilines is 1. The maximum absolute atomic E-state index is 15.2. The molecule has 186 valence electrons. The molecule has 1 aliphatic rings. The molecule has 0 unspecified atom stereocenters. The van der Waals surface area contributed by atoms with E-state index in [9.17, 15) is 17.6 Å². The summed E-state index contributed by atoms with van der Waals surface area (Å²) < 4.78 is 100. The van der Waals surface area contributed by atoms with Crippen LogP contribution in [0, 0.1) is 5.82 Å². The number of rotatable bonds is 6. The number of hydrogen-bond acceptors (Lipinski definition) is 7. The van der Waals surface area contributed by atoms with Crippen LogP contribution in [0.5, 0.6) is 5.88 Å². The number of ether oxygens (including phenoxy) is 1. The number of methoxy groups -OCH3 is 1. The van der Waals surface area contributed by atoms with E-state index in [0.29, 0.717) is 5.52 Å². The molecule has 1 N–H and O–H groups in total. The highest BCUT2D eigenvalue weighted by Gasteiger charge is 2.44. The van der Waals surface area contributed by atoms with E-state index in [-0.39, 0.29) is 47.0 Å². The van der Waals surface area contributed by atoms with Crippen LogP contribution in [-0.2, 0) is 6.54 Å². The molecule has 0 amide bonds. The van der Waals surface area contributed by atoms with Crippen molar-refractivity contribution in [1.82, 2.24) is 34.5 Å². The molecule has 0 aliphatic carbocycles. The normalized spacial score (nSPS) is 20.2. The number of aromatic nitrogens is 6. The van der Waals surface area contributed by atoms with Crippen LogP contribution in [-0.4, -0.2) is 80.1 Å². The summed E-state index contributed by atoms with van der Waals surface area (Å²) >= 11 is 0. The number of halogens is 5. The van der Waals surface area contributed by atoms with Crippen LogP contribution in [0.15, 0.2) is 24.4 Å². The van der Waals surface area contributed by atoms with E-state index in [1.54, 1.807) is 0 Å². The van der Waals surface area contributed by atoms with Gasteiger partial charge in [-0.1, -0.05) is 11.3 Å². The summed E-state index contributed by atoms with van der Waals surface area (Å²) in [6, 6.07) is 2.99. The summed E-state index contributed by atoms with van der Waals surface area (Å²) in [6.45, 7) is -4.44. The molecule has 9 nitrogen and oxygen atoms in total. The molecule has 14 heteroatoms. The highest BCUT2D eigenvalue weighted by atomic mass is 19.3. The van der Waals surface area contributed by atoms with Gasteiger partial charge in [-0.05, 0) is 31.1 Å². The summed E-state index contributed by atoms with van der Waals surface area (Å²) in [5.74, 6) is -4.59. The van der Waals surface area contributed by atoms with Crippen molar-refractivity contribution in [1.29, 1.82) is 0 Å². The molecule has 1 atom stereocenters. The van der Waals surface area contributed by atoms with Crippen LogP contribution in [0.25, 0.3) is 27.7 Å². The van der Waals surface area contributed by atoms with E-state index in [2.05, 4.69) is 25.7 Å². The van der Waals surface area contributed by atoms with Gasteiger partial charge in [0.05, 0.1) is 37.0 Å². The average Bonchev–Trinajstić information content (AvgIpc) is 3.38. The minimum atomic E-state index is -3.42. The number of benzene rings is 1. The molecule has 1 aliphatic heterocycles. The van der Waals surface area contributed by atoms with E-state index in [0.717, 1.165) is 20.3 Å². The third kappa shape index (κ3) is 4.22. The van der Waals surface area contributed by atoms with E-state index in [1.165, 1.54) is 25.3 Å². The second-order valence-electron chi connectivity index (χ2n) is 8.12. The number of alkyl halides is 4. The van der Waals surface area contributed by atoms with Gasteiger partial charge in [0, 0.05) is 10.7 Å². The number of likely N-dealkylation sites (tertiary alicyclic amines) is 1. The maximum Gasteiger partial charge on any atom is 0.280 e. The molecule has 1 saturated heterocycles. The standard InChI is InChI=1S/C21H21F5N8O/c1-32-6-5-15(21(25,26)10-32)27-20-28-19(35-2)18-17(12(22)8-34(18)30-20)11-3-4-13-14(7-11)33(31-29-13)9-16(23)24/h3-4,7-8,15-16H,5-6,9-10H2,1-2H3,(H,27,30)/t15-/m1/s1/i1D3. The van der Waals surface area contributed by atoms with Crippen LogP contribution in [0.3, 0.4) is 0 Å². The third-order valence-electron chi connectivity index (χ3n) is 5.76. The molecule has 0 radical (unpaired) electrons.